The van der Waals surface area contributed by atoms with Gasteiger partial charge in [0.1, 0.15) is 171 Å². The number of hydrogen-bond acceptors (Lipinski definition) is 36. The third-order valence-electron chi connectivity index (χ3n) is 14.1. The number of ether oxygens (including phenoxy) is 12. The Hall–Kier alpha value is -1.44. The first-order valence-electron chi connectivity index (χ1n) is 24.6. The van der Waals surface area contributed by atoms with Gasteiger partial charge >= 0.3 is 0 Å². The molecule has 0 bridgehead atoms. The minimum atomic E-state index is -2.08. The van der Waals surface area contributed by atoms with Crippen LogP contribution in [0.25, 0.3) is 0 Å². The van der Waals surface area contributed by atoms with Crippen molar-refractivity contribution in [1.82, 2.24) is 0 Å². The molecule has 0 amide bonds. The fraction of sp³-hybridized carbons (Fsp3) is 1.00. The van der Waals surface area contributed by atoms with E-state index in [4.69, 9.17) is 61.9 Å². The van der Waals surface area contributed by atoms with Gasteiger partial charge in [0.2, 0.25) is 0 Å². The van der Waals surface area contributed by atoms with Crippen molar-refractivity contribution in [2.24, 2.45) is 0 Å². The van der Waals surface area contributed by atoms with E-state index in [1.165, 1.54) is 0 Å². The molecule has 6 saturated heterocycles. The van der Waals surface area contributed by atoms with Crippen LogP contribution in [0.5, 0.6) is 0 Å². The van der Waals surface area contributed by atoms with Gasteiger partial charge in [-0.1, -0.05) is 0 Å². The Morgan fingerprint density at radius 2 is 0.462 bits per heavy atom. The second-order valence-electron chi connectivity index (χ2n) is 19.6. The molecule has 36 heteroatoms. The molecule has 0 unspecified atom stereocenters. The summed E-state index contributed by atoms with van der Waals surface area (Å²) in [5.74, 6) is 0. The molecule has 6 aliphatic heterocycles. The molecule has 36 nitrogen and oxygen atoms in total. The molecule has 34 atom stereocenters. The van der Waals surface area contributed by atoms with Gasteiger partial charge in [-0.15, -0.1) is 0 Å². The largest absolute Gasteiger partial charge is 0.394 e. The van der Waals surface area contributed by atoms with Gasteiger partial charge in [-0.25, -0.2) is 0 Å². The molecule has 0 aliphatic carbocycles. The van der Waals surface area contributed by atoms with Crippen molar-refractivity contribution in [2.45, 2.75) is 209 Å². The predicted molar refractivity (Wildman–Crippen MR) is 234 cm³/mol. The van der Waals surface area contributed by atoms with Crippen LogP contribution in [0.4, 0.5) is 0 Å². The molecule has 6 heterocycles. The van der Waals surface area contributed by atoms with Gasteiger partial charge in [-0.2, -0.15) is 0 Å². The lowest BCUT2D eigenvalue weighted by Crippen LogP contribution is -2.63. The van der Waals surface area contributed by atoms with Crippen LogP contribution in [0.15, 0.2) is 0 Å². The fourth-order valence-electron chi connectivity index (χ4n) is 8.97. The zero-order valence-electron chi connectivity index (χ0n) is 40.9. The van der Waals surface area contributed by atoms with Crippen LogP contribution >= 0.6 is 0 Å². The van der Waals surface area contributed by atoms with Crippen molar-refractivity contribution < 1.29 is 179 Å². The fourth-order valence-corrected chi connectivity index (χ4v) is 8.97. The summed E-state index contributed by atoms with van der Waals surface area (Å²) in [4.78, 5) is 0. The summed E-state index contributed by atoms with van der Waals surface area (Å²) in [6, 6.07) is 0. The van der Waals surface area contributed by atoms with Gasteiger partial charge in [-0.05, 0) is 0 Å². The second-order valence-corrected chi connectivity index (χ2v) is 19.6. The Kier molecular flexibility index (Phi) is 24.3. The second kappa shape index (κ2) is 28.9. The van der Waals surface area contributed by atoms with Gasteiger partial charge in [0.25, 0.3) is 0 Å². The van der Waals surface area contributed by atoms with Crippen LogP contribution in [0.1, 0.15) is 0 Å². The first-order valence-corrected chi connectivity index (χ1v) is 24.6. The van der Waals surface area contributed by atoms with Crippen LogP contribution in [0.3, 0.4) is 0 Å². The summed E-state index contributed by atoms with van der Waals surface area (Å²) < 4.78 is 65.7. The zero-order chi connectivity index (χ0) is 57.8. The smallest absolute Gasteiger partial charge is 0.186 e. The number of aliphatic hydroxyl groups is 24. The number of rotatable bonds is 23. The molecule has 24 N–H and O–H groups in total. The maximum Gasteiger partial charge on any atom is 0.186 e. The lowest BCUT2D eigenvalue weighted by Gasteiger charge is -2.45. The Bertz CT molecular complexity index is 1770. The number of aliphatic hydroxyl groups excluding tert-OH is 24. The van der Waals surface area contributed by atoms with Crippen molar-refractivity contribution in [2.75, 3.05) is 52.9 Å². The molecule has 78 heavy (non-hydrogen) atoms. The minimum Gasteiger partial charge on any atom is -0.394 e. The first kappa shape index (κ1) is 65.7. The lowest BCUT2D eigenvalue weighted by atomic mass is 9.97. The molecule has 0 aromatic heterocycles. The Morgan fingerprint density at radius 1 is 0.256 bits per heavy atom. The molecule has 458 valence electrons. The molecule has 0 radical (unpaired) electrons. The summed E-state index contributed by atoms with van der Waals surface area (Å²) in [6.07, 6.45) is -63.8. The Balaban J connectivity index is 1.00. The van der Waals surface area contributed by atoms with Gasteiger partial charge in [0.05, 0.1) is 52.9 Å². The highest BCUT2D eigenvalue weighted by Crippen LogP contribution is 2.32. The van der Waals surface area contributed by atoms with E-state index in [1.807, 2.05) is 0 Å². The highest BCUT2D eigenvalue weighted by Gasteiger charge is 2.53. The van der Waals surface area contributed by atoms with E-state index in [2.05, 4.69) is 0 Å². The monoisotopic (exact) mass is 1150 g/mol. The topological polar surface area (TPSA) is 596 Å². The summed E-state index contributed by atoms with van der Waals surface area (Å²) in [5.41, 5.74) is 0. The van der Waals surface area contributed by atoms with Gasteiger partial charge in [0.15, 0.2) is 37.7 Å². The summed E-state index contributed by atoms with van der Waals surface area (Å²) in [7, 11) is 0. The van der Waals surface area contributed by atoms with Crippen molar-refractivity contribution in [1.29, 1.82) is 0 Å². The molecule has 6 fully saturated rings. The average molecular weight is 1160 g/mol. The molecular weight excluding hydrogens is 1080 g/mol. The average Bonchev–Trinajstić information content (AvgIpc) is 3.43. The normalized spacial score (nSPS) is 49.2. The Labute approximate surface area is 440 Å². The van der Waals surface area contributed by atoms with E-state index in [1.54, 1.807) is 0 Å². The van der Waals surface area contributed by atoms with E-state index in [9.17, 15) is 117 Å². The lowest BCUT2D eigenvalue weighted by molar-refractivity contribution is -0.352. The highest BCUT2D eigenvalue weighted by atomic mass is 16.8. The van der Waals surface area contributed by atoms with Gasteiger partial charge in [0, 0.05) is 0 Å². The predicted octanol–water partition coefficient (Wildman–Crippen LogP) is -16.6. The molecular formula is C42H74O36. The number of hydrogen-bond donors (Lipinski definition) is 24. The van der Waals surface area contributed by atoms with Crippen LogP contribution in [-0.4, -0.2) is 384 Å². The van der Waals surface area contributed by atoms with Gasteiger partial charge < -0.3 is 179 Å². The summed E-state index contributed by atoms with van der Waals surface area (Å²) >= 11 is 0. The molecule has 6 rings (SSSR count). The van der Waals surface area contributed by atoms with E-state index in [-0.39, 0.29) is 0 Å². The zero-order valence-corrected chi connectivity index (χ0v) is 40.9. The Morgan fingerprint density at radius 3 is 0.692 bits per heavy atom. The van der Waals surface area contributed by atoms with Crippen LogP contribution < -0.4 is 0 Å². The van der Waals surface area contributed by atoms with Crippen LogP contribution in [0.2, 0.25) is 0 Å². The molecule has 0 aromatic carbocycles. The van der Waals surface area contributed by atoms with Crippen molar-refractivity contribution in [3.05, 3.63) is 0 Å². The third kappa shape index (κ3) is 14.9. The molecule has 0 aromatic rings. The van der Waals surface area contributed by atoms with Gasteiger partial charge in [-0.3, -0.25) is 0 Å². The van der Waals surface area contributed by atoms with E-state index >= 15 is 0 Å². The minimum absolute atomic E-state index is 0.716. The SMILES string of the molecule is OC[C@H](O)[C@@H](O)[C@H](O)[C@H](O)CO[C@H]1O[C@H](CO[C@H]2O[C@H](CO[C@H]3O[C@H](CO[C@H]4O[C@H](CO[C@H]5O[C@H](CO[C@H]6O[C@H](CO)[C@@H](O)[C@H](O)[C@H]6O)[C@@H](O)[C@H](O)[C@H]5O)[C@@H](O)[C@H](O)[C@H]4O)[C@@H](O)[C@H](O)[C@H]3O)[C@@H](O)[C@H](O)[C@H]2O)[C@@H](O)[C@H](O)[C@H]1O. The van der Waals surface area contributed by atoms with E-state index < -0.39 is 262 Å². The van der Waals surface area contributed by atoms with E-state index in [0.717, 1.165) is 0 Å². The summed E-state index contributed by atoms with van der Waals surface area (Å²) in [5, 5.41) is 248. The van der Waals surface area contributed by atoms with Crippen molar-refractivity contribution >= 4 is 0 Å². The molecule has 6 aliphatic rings. The first-order chi connectivity index (χ1) is 36.7. The third-order valence-corrected chi connectivity index (χ3v) is 14.1. The highest BCUT2D eigenvalue weighted by molar-refractivity contribution is 4.96. The van der Waals surface area contributed by atoms with Crippen LogP contribution in [0, 0.1) is 0 Å². The standard InChI is InChI=1S/C42H74O36/c43-1-9(45)17(47)18(48)10(46)3-67-37-32(62)26(56)20(50)12(74-37)5-69-39-34(64)28(58)22(52)14(76-39)7-71-41-36(66)30(60)24(54)16(78-41)8-72-42-35(65)29(59)23(53)15(77-42)6-70-40-33(63)27(57)21(51)13(75-40)4-68-38-31(61)25(55)19(49)11(2-44)73-38/h9-66H,1-8H2/t9-,10+,11+,12+,13+,14+,15+,16+,17+,18+,19+,20+,21+,22+,23+,24+,25-,26-,27-,28-,29-,30-,31+,32+,33+,34+,35+,36+,37-,38-,39-,40-,41-,42-/m0/s1. The molecule has 0 saturated carbocycles. The maximum absolute atomic E-state index is 10.8. The molecule has 0 spiro atoms. The maximum atomic E-state index is 10.8. The van der Waals surface area contributed by atoms with Crippen LogP contribution in [-0.2, 0) is 56.8 Å². The van der Waals surface area contributed by atoms with Crippen molar-refractivity contribution in [3.63, 3.8) is 0 Å². The summed E-state index contributed by atoms with van der Waals surface area (Å²) in [6.45, 7) is -6.71. The van der Waals surface area contributed by atoms with E-state index in [0.29, 0.717) is 0 Å². The van der Waals surface area contributed by atoms with Crippen molar-refractivity contribution in [3.8, 4) is 0 Å². The quantitative estimate of drug-likeness (QED) is 0.0452.